The van der Waals surface area contributed by atoms with E-state index in [1.807, 2.05) is 6.92 Å². The number of guanidine groups is 1. The van der Waals surface area contributed by atoms with Gasteiger partial charge in [-0.2, -0.15) is 0 Å². The third kappa shape index (κ3) is 9.57. The van der Waals surface area contributed by atoms with Crippen molar-refractivity contribution in [3.63, 3.8) is 0 Å². The van der Waals surface area contributed by atoms with Crippen LogP contribution in [0.1, 0.15) is 39.0 Å². The molecule has 1 amide bonds. The van der Waals surface area contributed by atoms with Crippen molar-refractivity contribution in [1.82, 2.24) is 16.0 Å². The first-order chi connectivity index (χ1) is 13.1. The van der Waals surface area contributed by atoms with Crippen LogP contribution in [-0.2, 0) is 4.79 Å². The predicted octanol–water partition coefficient (Wildman–Crippen LogP) is 3.07. The molecule has 1 saturated carbocycles. The van der Waals surface area contributed by atoms with Gasteiger partial charge in [-0.05, 0) is 37.8 Å². The second-order valence-electron chi connectivity index (χ2n) is 6.97. The van der Waals surface area contributed by atoms with Gasteiger partial charge in [0.1, 0.15) is 17.7 Å². The number of benzene rings is 1. The smallest absolute Gasteiger partial charge is 0.220 e. The number of hydrogen-bond acceptors (Lipinski definition) is 3. The molecule has 3 N–H and O–H groups in total. The first-order valence-electron chi connectivity index (χ1n) is 9.70. The monoisotopic (exact) mass is 506 g/mol. The molecule has 0 saturated heterocycles. The van der Waals surface area contributed by atoms with Crippen LogP contribution in [0, 0.1) is 11.7 Å². The average Bonchev–Trinajstić information content (AvgIpc) is 3.14. The van der Waals surface area contributed by atoms with E-state index in [4.69, 9.17) is 4.74 Å². The summed E-state index contributed by atoms with van der Waals surface area (Å²) in [5.74, 6) is 1.50. The fraction of sp³-hybridized carbons (Fsp3) is 0.600. The van der Waals surface area contributed by atoms with Gasteiger partial charge in [-0.15, -0.1) is 24.0 Å². The maximum absolute atomic E-state index is 13.2. The quantitative estimate of drug-likeness (QED) is 0.208. The van der Waals surface area contributed by atoms with Gasteiger partial charge in [0, 0.05) is 32.6 Å². The van der Waals surface area contributed by atoms with Crippen molar-refractivity contribution in [3.05, 3.63) is 30.1 Å². The zero-order valence-corrected chi connectivity index (χ0v) is 19.0. The minimum atomic E-state index is -0.319. The Morgan fingerprint density at radius 3 is 2.64 bits per heavy atom. The topological polar surface area (TPSA) is 74.8 Å². The molecular formula is C20H32FIN4O2. The van der Waals surface area contributed by atoms with E-state index in [0.717, 1.165) is 0 Å². The Kier molecular flexibility index (Phi) is 11.9. The second-order valence-corrected chi connectivity index (χ2v) is 6.97. The summed E-state index contributed by atoms with van der Waals surface area (Å²) in [7, 11) is 1.69. The van der Waals surface area contributed by atoms with Crippen LogP contribution in [0.2, 0.25) is 0 Å². The lowest BCUT2D eigenvalue weighted by Crippen LogP contribution is -2.44. The Bertz CT molecular complexity index is 624. The molecule has 6 nitrogen and oxygen atoms in total. The average molecular weight is 506 g/mol. The number of halogens is 2. The van der Waals surface area contributed by atoms with Gasteiger partial charge in [0.25, 0.3) is 0 Å². The summed E-state index contributed by atoms with van der Waals surface area (Å²) in [5.41, 5.74) is 0. The molecule has 0 aliphatic heterocycles. The number of hydrogen-bond donors (Lipinski definition) is 3. The van der Waals surface area contributed by atoms with Gasteiger partial charge in [0.15, 0.2) is 5.96 Å². The molecule has 0 radical (unpaired) electrons. The third-order valence-electron chi connectivity index (χ3n) is 4.60. The molecule has 8 heteroatoms. The van der Waals surface area contributed by atoms with Crippen molar-refractivity contribution in [2.45, 2.75) is 45.1 Å². The Hall–Kier alpha value is -1.58. The van der Waals surface area contributed by atoms with E-state index in [9.17, 15) is 9.18 Å². The zero-order valence-electron chi connectivity index (χ0n) is 16.7. The van der Waals surface area contributed by atoms with Gasteiger partial charge in [0.2, 0.25) is 5.91 Å². The summed E-state index contributed by atoms with van der Waals surface area (Å²) in [6.45, 7) is 3.56. The van der Waals surface area contributed by atoms with Crippen molar-refractivity contribution < 1.29 is 13.9 Å². The standard InChI is InChI=1S/C20H31FN4O2.HI/c1-15(27-18-9-5-8-17(21)13-18)14-25-20(22-2)24-11-10-23-19(26)12-16-6-3-4-7-16;/h5,8-9,13,15-16H,3-4,6-7,10-12,14H2,1-2H3,(H,23,26)(H2,22,24,25);1H. The van der Waals surface area contributed by atoms with E-state index < -0.39 is 0 Å². The normalized spacial score (nSPS) is 15.5. The van der Waals surface area contributed by atoms with E-state index in [1.165, 1.54) is 37.8 Å². The number of carbonyl (C=O) groups excluding carboxylic acids is 1. The van der Waals surface area contributed by atoms with Crippen LogP contribution >= 0.6 is 24.0 Å². The lowest BCUT2D eigenvalue weighted by Gasteiger charge is -2.18. The summed E-state index contributed by atoms with van der Waals surface area (Å²) in [6, 6.07) is 6.08. The Balaban J connectivity index is 0.00000392. The maximum atomic E-state index is 13.2. The highest BCUT2D eigenvalue weighted by molar-refractivity contribution is 14.0. The largest absolute Gasteiger partial charge is 0.489 e. The van der Waals surface area contributed by atoms with Crippen molar-refractivity contribution in [2.24, 2.45) is 10.9 Å². The van der Waals surface area contributed by atoms with Crippen LogP contribution in [-0.4, -0.2) is 44.7 Å². The van der Waals surface area contributed by atoms with Crippen LogP contribution in [0.5, 0.6) is 5.75 Å². The third-order valence-corrected chi connectivity index (χ3v) is 4.60. The van der Waals surface area contributed by atoms with E-state index in [2.05, 4.69) is 20.9 Å². The summed E-state index contributed by atoms with van der Waals surface area (Å²) < 4.78 is 18.8. The highest BCUT2D eigenvalue weighted by Crippen LogP contribution is 2.27. The molecule has 0 spiro atoms. The first kappa shape index (κ1) is 24.5. The molecule has 2 rings (SSSR count). The van der Waals surface area contributed by atoms with Gasteiger partial charge in [0.05, 0.1) is 6.54 Å². The molecular weight excluding hydrogens is 474 g/mol. The van der Waals surface area contributed by atoms with E-state index in [-0.39, 0.29) is 41.8 Å². The van der Waals surface area contributed by atoms with E-state index in [0.29, 0.717) is 43.7 Å². The first-order valence-corrected chi connectivity index (χ1v) is 9.70. The van der Waals surface area contributed by atoms with Crippen LogP contribution in [0.15, 0.2) is 29.3 Å². The SMILES string of the molecule is CN=C(NCCNC(=O)CC1CCCC1)NCC(C)Oc1cccc(F)c1.I. The fourth-order valence-electron chi connectivity index (χ4n) is 3.21. The van der Waals surface area contributed by atoms with Crippen molar-refractivity contribution in [3.8, 4) is 5.75 Å². The number of rotatable bonds is 9. The van der Waals surface area contributed by atoms with Crippen LogP contribution in [0.3, 0.4) is 0 Å². The van der Waals surface area contributed by atoms with Gasteiger partial charge in [-0.1, -0.05) is 18.9 Å². The van der Waals surface area contributed by atoms with Crippen LogP contribution in [0.4, 0.5) is 4.39 Å². The minimum Gasteiger partial charge on any atom is -0.489 e. The van der Waals surface area contributed by atoms with Gasteiger partial charge < -0.3 is 20.7 Å². The van der Waals surface area contributed by atoms with Crippen molar-refractivity contribution in [2.75, 3.05) is 26.7 Å². The summed E-state index contributed by atoms with van der Waals surface area (Å²) in [6.07, 6.45) is 5.35. The molecule has 0 aromatic heterocycles. The number of aliphatic imine (C=N–C) groups is 1. The molecule has 0 heterocycles. The molecule has 1 aliphatic carbocycles. The minimum absolute atomic E-state index is 0. The lowest BCUT2D eigenvalue weighted by molar-refractivity contribution is -0.121. The molecule has 28 heavy (non-hydrogen) atoms. The number of nitrogens with zero attached hydrogens (tertiary/aromatic N) is 1. The number of ether oxygens (including phenoxy) is 1. The molecule has 1 aromatic rings. The van der Waals surface area contributed by atoms with E-state index >= 15 is 0 Å². The molecule has 1 atom stereocenters. The highest BCUT2D eigenvalue weighted by Gasteiger charge is 2.17. The Labute approximate surface area is 184 Å². The summed E-state index contributed by atoms with van der Waals surface area (Å²) in [5, 5.41) is 9.26. The second kappa shape index (κ2) is 13.6. The molecule has 0 bridgehead atoms. The molecule has 1 aliphatic rings. The van der Waals surface area contributed by atoms with Crippen LogP contribution in [0.25, 0.3) is 0 Å². The van der Waals surface area contributed by atoms with Crippen LogP contribution < -0.4 is 20.7 Å². The summed E-state index contributed by atoms with van der Waals surface area (Å²) in [4.78, 5) is 16.0. The summed E-state index contributed by atoms with van der Waals surface area (Å²) >= 11 is 0. The Morgan fingerprint density at radius 1 is 1.25 bits per heavy atom. The number of nitrogens with one attached hydrogen (secondary N) is 3. The molecule has 1 unspecified atom stereocenters. The van der Waals surface area contributed by atoms with Gasteiger partial charge in [-0.3, -0.25) is 9.79 Å². The van der Waals surface area contributed by atoms with Crippen molar-refractivity contribution in [1.29, 1.82) is 0 Å². The van der Waals surface area contributed by atoms with Gasteiger partial charge >= 0.3 is 0 Å². The molecule has 1 fully saturated rings. The molecule has 1 aromatic carbocycles. The molecule has 158 valence electrons. The van der Waals surface area contributed by atoms with Crippen molar-refractivity contribution >= 4 is 35.8 Å². The Morgan fingerprint density at radius 2 is 1.96 bits per heavy atom. The number of carbonyl (C=O) groups is 1. The zero-order chi connectivity index (χ0) is 19.5. The number of amides is 1. The predicted molar refractivity (Wildman–Crippen MR) is 121 cm³/mol. The maximum Gasteiger partial charge on any atom is 0.220 e. The lowest BCUT2D eigenvalue weighted by atomic mass is 10.0. The van der Waals surface area contributed by atoms with Gasteiger partial charge in [-0.25, -0.2) is 4.39 Å². The fourth-order valence-corrected chi connectivity index (χ4v) is 3.21. The van der Waals surface area contributed by atoms with E-state index in [1.54, 1.807) is 19.2 Å². The highest BCUT2D eigenvalue weighted by atomic mass is 127.